The van der Waals surface area contributed by atoms with Crippen LogP contribution >= 0.6 is 0 Å². The first kappa shape index (κ1) is 17.2. The van der Waals surface area contributed by atoms with Crippen LogP contribution in [0.4, 0.5) is 0 Å². The van der Waals surface area contributed by atoms with E-state index in [0.717, 1.165) is 19.6 Å². The van der Waals surface area contributed by atoms with Gasteiger partial charge in [0.2, 0.25) is 5.69 Å². The molecule has 1 aliphatic heterocycles. The largest absolute Gasteiger partial charge is 0.538 e. The van der Waals surface area contributed by atoms with E-state index in [-0.39, 0.29) is 11.6 Å². The van der Waals surface area contributed by atoms with Gasteiger partial charge >= 0.3 is 11.6 Å². The van der Waals surface area contributed by atoms with Crippen molar-refractivity contribution in [2.45, 2.75) is 6.54 Å². The first-order valence-electron chi connectivity index (χ1n) is 8.92. The number of piperazine rings is 1. The Hall–Kier alpha value is -3.19. The van der Waals surface area contributed by atoms with Gasteiger partial charge in [0, 0.05) is 44.9 Å². The zero-order valence-corrected chi connectivity index (χ0v) is 14.8. The molecule has 27 heavy (non-hydrogen) atoms. The van der Waals surface area contributed by atoms with Crippen LogP contribution in [-0.4, -0.2) is 47.2 Å². The molecule has 1 amide bonds. The summed E-state index contributed by atoms with van der Waals surface area (Å²) in [6.07, 6.45) is 0. The molecule has 0 N–H and O–H groups in total. The number of benzene rings is 2. The van der Waals surface area contributed by atoms with Gasteiger partial charge in [0.05, 0.1) is 5.27 Å². The second-order valence-electron chi connectivity index (χ2n) is 6.51. The highest BCUT2D eigenvalue weighted by Crippen LogP contribution is 2.15. The van der Waals surface area contributed by atoms with Gasteiger partial charge in [-0.2, -0.15) is 0 Å². The van der Waals surface area contributed by atoms with Crippen molar-refractivity contribution in [3.8, 4) is 11.6 Å². The summed E-state index contributed by atoms with van der Waals surface area (Å²) in [7, 11) is 0. The fraction of sp³-hybridized carbons (Fsp3) is 0.250. The SMILES string of the molecule is O=C(c1c([O-])on[n+]1-c1ccccc1)N1CCN(Cc2ccccc2)CC1. The molecule has 3 aromatic rings. The molecule has 7 nitrogen and oxygen atoms in total. The summed E-state index contributed by atoms with van der Waals surface area (Å²) in [6, 6.07) is 19.3. The summed E-state index contributed by atoms with van der Waals surface area (Å²) in [5.74, 6) is -1.06. The highest BCUT2D eigenvalue weighted by Gasteiger charge is 2.33. The first-order chi connectivity index (χ1) is 13.2. The van der Waals surface area contributed by atoms with Gasteiger partial charge in [0.25, 0.3) is 0 Å². The third kappa shape index (κ3) is 3.68. The Balaban J connectivity index is 1.45. The first-order valence-corrected chi connectivity index (χ1v) is 8.92. The molecule has 1 fully saturated rings. The monoisotopic (exact) mass is 364 g/mol. The summed E-state index contributed by atoms with van der Waals surface area (Å²) in [6.45, 7) is 3.49. The molecule has 0 atom stereocenters. The molecule has 0 saturated carbocycles. The van der Waals surface area contributed by atoms with Crippen LogP contribution in [0.1, 0.15) is 16.1 Å². The summed E-state index contributed by atoms with van der Waals surface area (Å²) < 4.78 is 6.04. The van der Waals surface area contributed by atoms with Crippen LogP contribution in [0.5, 0.6) is 5.95 Å². The fourth-order valence-electron chi connectivity index (χ4n) is 3.27. The second kappa shape index (κ2) is 7.59. The van der Waals surface area contributed by atoms with Crippen LogP contribution in [-0.2, 0) is 6.54 Å². The van der Waals surface area contributed by atoms with Gasteiger partial charge in [-0.15, -0.1) is 0 Å². The Bertz CT molecular complexity index is 903. The number of carbonyl (C=O) groups is 1. The van der Waals surface area contributed by atoms with E-state index in [1.54, 1.807) is 17.0 Å². The van der Waals surface area contributed by atoms with Crippen LogP contribution in [0.25, 0.3) is 5.69 Å². The van der Waals surface area contributed by atoms with Gasteiger partial charge in [-0.05, 0) is 10.2 Å². The predicted octanol–water partition coefficient (Wildman–Crippen LogP) is 0.983. The van der Waals surface area contributed by atoms with E-state index in [9.17, 15) is 9.90 Å². The lowest BCUT2D eigenvalue weighted by molar-refractivity contribution is -0.672. The van der Waals surface area contributed by atoms with Crippen LogP contribution in [0.3, 0.4) is 0 Å². The van der Waals surface area contributed by atoms with Gasteiger partial charge in [-0.1, -0.05) is 48.5 Å². The van der Waals surface area contributed by atoms with E-state index in [0.29, 0.717) is 18.8 Å². The molecule has 2 heterocycles. The van der Waals surface area contributed by atoms with Crippen molar-refractivity contribution < 1.29 is 19.1 Å². The van der Waals surface area contributed by atoms with E-state index < -0.39 is 5.95 Å². The molecule has 1 saturated heterocycles. The van der Waals surface area contributed by atoms with Gasteiger partial charge in [0.15, 0.2) is 5.95 Å². The fourth-order valence-corrected chi connectivity index (χ4v) is 3.27. The van der Waals surface area contributed by atoms with Gasteiger partial charge in [0.1, 0.15) is 0 Å². The van der Waals surface area contributed by atoms with Crippen molar-refractivity contribution in [3.63, 3.8) is 0 Å². The number of aromatic nitrogens is 2. The molecule has 138 valence electrons. The van der Waals surface area contributed by atoms with Crippen molar-refractivity contribution in [3.05, 3.63) is 71.9 Å². The van der Waals surface area contributed by atoms with E-state index in [4.69, 9.17) is 4.52 Å². The molecule has 0 unspecified atom stereocenters. The number of para-hydroxylation sites is 1. The number of rotatable bonds is 4. The second-order valence-corrected chi connectivity index (χ2v) is 6.51. The molecule has 0 radical (unpaired) electrons. The van der Waals surface area contributed by atoms with Crippen LogP contribution < -0.4 is 9.79 Å². The lowest BCUT2D eigenvalue weighted by Gasteiger charge is -2.34. The summed E-state index contributed by atoms with van der Waals surface area (Å²) >= 11 is 0. The van der Waals surface area contributed by atoms with Gasteiger partial charge in [-0.3, -0.25) is 9.69 Å². The predicted molar refractivity (Wildman–Crippen MR) is 95.1 cm³/mol. The molecule has 1 aliphatic rings. The number of nitrogens with zero attached hydrogens (tertiary/aromatic N) is 4. The van der Waals surface area contributed by atoms with Gasteiger partial charge in [-0.25, -0.2) is 0 Å². The van der Waals surface area contributed by atoms with Crippen LogP contribution in [0, 0.1) is 0 Å². The minimum absolute atomic E-state index is 0.0577. The average Bonchev–Trinajstić information content (AvgIpc) is 3.11. The Labute approximate surface area is 157 Å². The highest BCUT2D eigenvalue weighted by atomic mass is 16.6. The molecule has 2 aromatic carbocycles. The number of hydrogen-bond acceptors (Lipinski definition) is 5. The van der Waals surface area contributed by atoms with Crippen molar-refractivity contribution in [1.82, 2.24) is 15.1 Å². The topological polar surface area (TPSA) is 76.5 Å². The molecular formula is C20H20N4O3. The molecule has 0 spiro atoms. The highest BCUT2D eigenvalue weighted by molar-refractivity contribution is 5.92. The standard InChI is InChI=1S/C20H20N4O3/c25-19(18-20(26)27-21-24(18)17-9-5-2-6-10-17)23-13-11-22(12-14-23)15-16-7-3-1-4-8-16/h1-10H,11-15H2. The Morgan fingerprint density at radius 2 is 1.63 bits per heavy atom. The number of hydrogen-bond donors (Lipinski definition) is 0. The minimum Gasteiger partial charge on any atom is -0.538 e. The maximum Gasteiger partial charge on any atom is 0.327 e. The average molecular weight is 364 g/mol. The van der Waals surface area contributed by atoms with E-state index in [1.807, 2.05) is 36.4 Å². The lowest BCUT2D eigenvalue weighted by Crippen LogP contribution is -2.51. The van der Waals surface area contributed by atoms with E-state index in [1.165, 1.54) is 10.2 Å². The summed E-state index contributed by atoms with van der Waals surface area (Å²) in [5, 5.41) is 15.8. The smallest absolute Gasteiger partial charge is 0.327 e. The van der Waals surface area contributed by atoms with Crippen molar-refractivity contribution >= 4 is 5.91 Å². The Kier molecular flexibility index (Phi) is 4.84. The van der Waals surface area contributed by atoms with Crippen LogP contribution in [0.2, 0.25) is 0 Å². The zero-order chi connectivity index (χ0) is 18.6. The maximum atomic E-state index is 12.9. The normalized spacial score (nSPS) is 15.0. The quantitative estimate of drug-likeness (QED) is 0.645. The lowest BCUT2D eigenvalue weighted by atomic mass is 10.2. The van der Waals surface area contributed by atoms with Crippen molar-refractivity contribution in [2.75, 3.05) is 26.2 Å². The van der Waals surface area contributed by atoms with Gasteiger partial charge < -0.3 is 14.5 Å². The molecular weight excluding hydrogens is 344 g/mol. The minimum atomic E-state index is -0.712. The third-order valence-corrected chi connectivity index (χ3v) is 4.72. The van der Waals surface area contributed by atoms with E-state index >= 15 is 0 Å². The molecule has 0 aliphatic carbocycles. The Morgan fingerprint density at radius 1 is 1.00 bits per heavy atom. The number of carbonyl (C=O) groups excluding carboxylic acids is 1. The molecule has 0 bridgehead atoms. The zero-order valence-electron chi connectivity index (χ0n) is 14.8. The summed E-state index contributed by atoms with van der Waals surface area (Å²) in [5.41, 5.74) is 1.81. The number of amides is 1. The summed E-state index contributed by atoms with van der Waals surface area (Å²) in [4.78, 5) is 16.9. The molecule has 1 aromatic heterocycles. The molecule has 4 rings (SSSR count). The van der Waals surface area contributed by atoms with E-state index in [2.05, 4.69) is 22.3 Å². The third-order valence-electron chi connectivity index (χ3n) is 4.72. The molecule has 7 heteroatoms. The Morgan fingerprint density at radius 3 is 2.30 bits per heavy atom. The van der Waals surface area contributed by atoms with Crippen molar-refractivity contribution in [1.29, 1.82) is 0 Å². The van der Waals surface area contributed by atoms with Crippen LogP contribution in [0.15, 0.2) is 65.2 Å². The van der Waals surface area contributed by atoms with Crippen molar-refractivity contribution in [2.24, 2.45) is 0 Å². The maximum absolute atomic E-state index is 12.9.